The van der Waals surface area contributed by atoms with Gasteiger partial charge in [-0.3, -0.25) is 0 Å². The molecule has 2 aliphatic rings. The molecule has 54 heavy (non-hydrogen) atoms. The fourth-order valence-electron chi connectivity index (χ4n) is 7.92. The standard InChI is InChI=1S/C43H84O11/c1-3-5-7-9-11-13-15-16-17-18-20-22-24-26-28-30-33(29-27-25-23-21-19-14-12-10-8-6-4-2)51-42-40(50)38(48)41(35(32-45)53-42)54-43-39(49)37(47)36(46)34(31-44)52-43/h33-50H,3-32H2,1-2H3/t33?,34-,35-,36-,37+,38-,39-,40-,41+,42-,43-/m1/s1. The molecule has 2 saturated heterocycles. The molecule has 2 heterocycles. The Bertz CT molecular complexity index is 848. The quantitative estimate of drug-likeness (QED) is 0.0336. The van der Waals surface area contributed by atoms with Crippen molar-refractivity contribution in [1.29, 1.82) is 0 Å². The van der Waals surface area contributed by atoms with Crippen molar-refractivity contribution >= 4 is 0 Å². The second kappa shape index (κ2) is 31.5. The number of aliphatic hydroxyl groups excluding tert-OH is 7. The van der Waals surface area contributed by atoms with Crippen LogP contribution >= 0.6 is 0 Å². The average Bonchev–Trinajstić information content (AvgIpc) is 3.17. The Labute approximate surface area is 328 Å². The lowest BCUT2D eigenvalue weighted by atomic mass is 9.96. The van der Waals surface area contributed by atoms with Crippen molar-refractivity contribution < 1.29 is 54.7 Å². The lowest BCUT2D eigenvalue weighted by Crippen LogP contribution is -2.64. The summed E-state index contributed by atoms with van der Waals surface area (Å²) in [6, 6.07) is 0. The molecule has 0 aliphatic carbocycles. The maximum Gasteiger partial charge on any atom is 0.187 e. The van der Waals surface area contributed by atoms with Gasteiger partial charge in [-0.1, -0.05) is 181 Å². The minimum Gasteiger partial charge on any atom is -0.394 e. The Morgan fingerprint density at radius 1 is 0.407 bits per heavy atom. The monoisotopic (exact) mass is 777 g/mol. The zero-order chi connectivity index (χ0) is 39.4. The van der Waals surface area contributed by atoms with Gasteiger partial charge in [-0.25, -0.2) is 0 Å². The normalized spacial score (nSPS) is 29.5. The van der Waals surface area contributed by atoms with E-state index in [1.807, 2.05) is 0 Å². The highest BCUT2D eigenvalue weighted by molar-refractivity contribution is 4.94. The van der Waals surface area contributed by atoms with Crippen molar-refractivity contribution in [2.24, 2.45) is 0 Å². The zero-order valence-corrected chi connectivity index (χ0v) is 34.3. The molecule has 7 N–H and O–H groups in total. The van der Waals surface area contributed by atoms with Crippen molar-refractivity contribution in [1.82, 2.24) is 0 Å². The second-order valence-corrected chi connectivity index (χ2v) is 16.3. The molecule has 2 fully saturated rings. The van der Waals surface area contributed by atoms with E-state index in [1.165, 1.54) is 141 Å². The van der Waals surface area contributed by atoms with Crippen LogP contribution in [-0.4, -0.2) is 116 Å². The lowest BCUT2D eigenvalue weighted by molar-refractivity contribution is -0.363. The average molecular weight is 777 g/mol. The summed E-state index contributed by atoms with van der Waals surface area (Å²) < 4.78 is 23.5. The predicted octanol–water partition coefficient (Wildman–Crippen LogP) is 6.96. The molecular formula is C43H84O11. The second-order valence-electron chi connectivity index (χ2n) is 16.3. The fraction of sp³-hybridized carbons (Fsp3) is 1.00. The lowest BCUT2D eigenvalue weighted by Gasteiger charge is -2.46. The number of hydrogen-bond donors (Lipinski definition) is 7. The summed E-state index contributed by atoms with van der Waals surface area (Å²) in [5, 5.41) is 72.7. The topological polar surface area (TPSA) is 179 Å². The molecule has 0 saturated carbocycles. The van der Waals surface area contributed by atoms with Gasteiger partial charge in [-0.2, -0.15) is 0 Å². The number of ether oxygens (including phenoxy) is 4. The third-order valence-corrected chi connectivity index (χ3v) is 11.5. The molecule has 0 aromatic heterocycles. The Hall–Kier alpha value is -0.440. The van der Waals surface area contributed by atoms with Gasteiger partial charge in [0.1, 0.15) is 48.8 Å². The van der Waals surface area contributed by atoms with Crippen molar-refractivity contribution in [2.75, 3.05) is 13.2 Å². The molecule has 0 radical (unpaired) electrons. The predicted molar refractivity (Wildman–Crippen MR) is 212 cm³/mol. The Balaban J connectivity index is 1.81. The molecule has 0 spiro atoms. The molecule has 11 heteroatoms. The fourth-order valence-corrected chi connectivity index (χ4v) is 7.92. The summed E-state index contributed by atoms with van der Waals surface area (Å²) in [5.41, 5.74) is 0. The van der Waals surface area contributed by atoms with Crippen LogP contribution in [0.2, 0.25) is 0 Å². The molecule has 0 amide bonds. The maximum absolute atomic E-state index is 11.1. The number of aliphatic hydroxyl groups is 7. The van der Waals surface area contributed by atoms with Crippen molar-refractivity contribution in [3.05, 3.63) is 0 Å². The Morgan fingerprint density at radius 2 is 0.759 bits per heavy atom. The molecule has 0 aromatic carbocycles. The molecule has 11 atom stereocenters. The highest BCUT2D eigenvalue weighted by atomic mass is 16.7. The van der Waals surface area contributed by atoms with Crippen LogP contribution in [0, 0.1) is 0 Å². The van der Waals surface area contributed by atoms with Crippen LogP contribution in [0.4, 0.5) is 0 Å². The first-order valence-corrected chi connectivity index (χ1v) is 22.5. The molecular weight excluding hydrogens is 692 g/mol. The summed E-state index contributed by atoms with van der Waals surface area (Å²) in [4.78, 5) is 0. The van der Waals surface area contributed by atoms with Gasteiger partial charge in [0.2, 0.25) is 0 Å². The van der Waals surface area contributed by atoms with Crippen LogP contribution < -0.4 is 0 Å². The van der Waals surface area contributed by atoms with Crippen LogP contribution in [-0.2, 0) is 18.9 Å². The largest absolute Gasteiger partial charge is 0.394 e. The molecule has 322 valence electrons. The van der Waals surface area contributed by atoms with Gasteiger partial charge in [-0.15, -0.1) is 0 Å². The molecule has 2 aliphatic heterocycles. The first-order valence-electron chi connectivity index (χ1n) is 22.5. The van der Waals surface area contributed by atoms with E-state index in [4.69, 9.17) is 18.9 Å². The van der Waals surface area contributed by atoms with Gasteiger partial charge in [-0.05, 0) is 12.8 Å². The van der Waals surface area contributed by atoms with E-state index in [-0.39, 0.29) is 6.10 Å². The summed E-state index contributed by atoms with van der Waals surface area (Å²) >= 11 is 0. The van der Waals surface area contributed by atoms with Gasteiger partial charge >= 0.3 is 0 Å². The SMILES string of the molecule is CCCCCCCCCCCCCCCCCC(CCCCCCCCCCCCC)O[C@@H]1O[C@H](CO)[C@H](O[C@H]2O[C@H](CO)[C@@H](O)[C@H](O)[C@H]2O)[C@H](O)[C@H]1O. The van der Waals surface area contributed by atoms with Gasteiger partial charge in [0.15, 0.2) is 12.6 Å². The minimum absolute atomic E-state index is 0.181. The zero-order valence-electron chi connectivity index (χ0n) is 34.3. The van der Waals surface area contributed by atoms with Crippen molar-refractivity contribution in [3.8, 4) is 0 Å². The first kappa shape index (κ1) is 49.7. The van der Waals surface area contributed by atoms with Crippen LogP contribution in [0.25, 0.3) is 0 Å². The van der Waals surface area contributed by atoms with Crippen LogP contribution in [0.1, 0.15) is 194 Å². The van der Waals surface area contributed by atoms with E-state index >= 15 is 0 Å². The summed E-state index contributed by atoms with van der Waals surface area (Å²) in [7, 11) is 0. The van der Waals surface area contributed by atoms with E-state index in [1.54, 1.807) is 0 Å². The molecule has 2 rings (SSSR count). The summed E-state index contributed by atoms with van der Waals surface area (Å²) in [5.74, 6) is 0. The van der Waals surface area contributed by atoms with Crippen molar-refractivity contribution in [2.45, 2.75) is 261 Å². The van der Waals surface area contributed by atoms with E-state index in [0.717, 1.165) is 38.5 Å². The highest BCUT2D eigenvalue weighted by Crippen LogP contribution is 2.31. The summed E-state index contributed by atoms with van der Waals surface area (Å²) in [6.45, 7) is 3.29. The van der Waals surface area contributed by atoms with E-state index in [2.05, 4.69) is 13.8 Å². The minimum atomic E-state index is -1.70. The molecule has 0 aromatic rings. The Kier molecular flexibility index (Phi) is 29.0. The molecule has 11 nitrogen and oxygen atoms in total. The first-order chi connectivity index (χ1) is 26.3. The smallest absolute Gasteiger partial charge is 0.187 e. The van der Waals surface area contributed by atoms with Gasteiger partial charge in [0, 0.05) is 0 Å². The maximum atomic E-state index is 11.1. The van der Waals surface area contributed by atoms with Crippen LogP contribution in [0.5, 0.6) is 0 Å². The number of rotatable bonds is 34. The van der Waals surface area contributed by atoms with E-state index < -0.39 is 74.6 Å². The van der Waals surface area contributed by atoms with Crippen molar-refractivity contribution in [3.63, 3.8) is 0 Å². The van der Waals surface area contributed by atoms with Gasteiger partial charge < -0.3 is 54.7 Å². The third kappa shape index (κ3) is 19.8. The highest BCUT2D eigenvalue weighted by Gasteiger charge is 2.51. The number of hydrogen-bond acceptors (Lipinski definition) is 11. The molecule has 1 unspecified atom stereocenters. The summed E-state index contributed by atoms with van der Waals surface area (Å²) in [6.07, 6.45) is 20.2. The number of unbranched alkanes of at least 4 members (excludes halogenated alkanes) is 24. The third-order valence-electron chi connectivity index (χ3n) is 11.5. The Morgan fingerprint density at radius 3 is 1.15 bits per heavy atom. The van der Waals surface area contributed by atoms with E-state index in [9.17, 15) is 35.7 Å². The van der Waals surface area contributed by atoms with Crippen LogP contribution in [0.3, 0.4) is 0 Å². The van der Waals surface area contributed by atoms with Gasteiger partial charge in [0.05, 0.1) is 19.3 Å². The molecule has 0 bridgehead atoms. The van der Waals surface area contributed by atoms with Gasteiger partial charge in [0.25, 0.3) is 0 Å². The van der Waals surface area contributed by atoms with E-state index in [0.29, 0.717) is 0 Å². The van der Waals surface area contributed by atoms with Crippen LogP contribution in [0.15, 0.2) is 0 Å².